The number of rotatable bonds is 4. The average Bonchev–Trinajstić information content (AvgIpc) is 2.89. The molecule has 0 fully saturated rings. The molecule has 2 aromatic rings. The molecule has 1 atom stereocenters. The predicted octanol–water partition coefficient (Wildman–Crippen LogP) is 4.28. The van der Waals surface area contributed by atoms with E-state index >= 15 is 0 Å². The van der Waals surface area contributed by atoms with Crippen molar-refractivity contribution in [3.63, 3.8) is 0 Å². The molecule has 0 saturated heterocycles. The van der Waals surface area contributed by atoms with Crippen molar-refractivity contribution in [1.82, 2.24) is 10.3 Å². The summed E-state index contributed by atoms with van der Waals surface area (Å²) in [4.78, 5) is 4.08. The second kappa shape index (κ2) is 6.15. The predicted molar refractivity (Wildman–Crippen MR) is 78.5 cm³/mol. The fraction of sp³-hybridized carbons (Fsp3) is 0.400. The van der Waals surface area contributed by atoms with Gasteiger partial charge in [-0.05, 0) is 44.0 Å². The molecule has 1 N–H and O–H groups in total. The number of halogens is 3. The molecule has 0 radical (unpaired) electrons. The minimum atomic E-state index is -4.37. The third kappa shape index (κ3) is 3.83. The van der Waals surface area contributed by atoms with Crippen molar-refractivity contribution >= 4 is 11.3 Å². The van der Waals surface area contributed by atoms with Gasteiger partial charge in [0.2, 0.25) is 0 Å². The second-order valence-corrected chi connectivity index (χ2v) is 6.09. The fourth-order valence-electron chi connectivity index (χ4n) is 2.09. The van der Waals surface area contributed by atoms with E-state index in [0.717, 1.165) is 5.56 Å². The Labute approximate surface area is 126 Å². The van der Waals surface area contributed by atoms with Gasteiger partial charge in [-0.15, -0.1) is 11.3 Å². The molecule has 1 heterocycles. The molecule has 1 unspecified atom stereocenters. The highest BCUT2D eigenvalue weighted by molar-refractivity contribution is 7.11. The van der Waals surface area contributed by atoms with E-state index in [4.69, 9.17) is 0 Å². The number of nitrogens with zero attached hydrogens (tertiary/aromatic N) is 1. The van der Waals surface area contributed by atoms with Crippen molar-refractivity contribution in [2.45, 2.75) is 32.5 Å². The third-order valence-electron chi connectivity index (χ3n) is 3.47. The lowest BCUT2D eigenvalue weighted by Crippen LogP contribution is -2.17. The molecule has 2 rings (SSSR count). The van der Waals surface area contributed by atoms with E-state index in [2.05, 4.69) is 16.4 Å². The van der Waals surface area contributed by atoms with Crippen molar-refractivity contribution in [2.24, 2.45) is 0 Å². The van der Waals surface area contributed by atoms with Gasteiger partial charge >= 0.3 is 6.18 Å². The zero-order valence-electron chi connectivity index (χ0n) is 12.1. The summed E-state index contributed by atoms with van der Waals surface area (Å²) in [6, 6.07) is 5.95. The Bertz CT molecular complexity index is 620. The van der Waals surface area contributed by atoms with Crippen LogP contribution < -0.4 is 5.32 Å². The molecule has 1 aromatic carbocycles. The van der Waals surface area contributed by atoms with Crippen LogP contribution in [0.1, 0.15) is 32.6 Å². The maximum atomic E-state index is 12.6. The van der Waals surface area contributed by atoms with Gasteiger partial charge in [0.1, 0.15) is 0 Å². The maximum Gasteiger partial charge on any atom is 0.443 e. The topological polar surface area (TPSA) is 24.9 Å². The van der Waals surface area contributed by atoms with Crippen LogP contribution in [0.5, 0.6) is 0 Å². The number of hydrogen-bond acceptors (Lipinski definition) is 3. The summed E-state index contributed by atoms with van der Waals surface area (Å²) in [7, 11) is 1.75. The minimum Gasteiger partial charge on any atom is -0.312 e. The molecule has 114 valence electrons. The van der Waals surface area contributed by atoms with Crippen molar-refractivity contribution < 1.29 is 13.2 Å². The maximum absolute atomic E-state index is 12.6. The summed E-state index contributed by atoms with van der Waals surface area (Å²) in [5.74, 6) is 0. The van der Waals surface area contributed by atoms with E-state index in [1.54, 1.807) is 7.05 Å². The first-order valence-corrected chi connectivity index (χ1v) is 7.39. The molecular formula is C15H17F3N2S. The van der Waals surface area contributed by atoms with Crippen LogP contribution in [0.3, 0.4) is 0 Å². The molecule has 0 bridgehead atoms. The van der Waals surface area contributed by atoms with Gasteiger partial charge < -0.3 is 5.32 Å². The summed E-state index contributed by atoms with van der Waals surface area (Å²) in [5.41, 5.74) is 3.49. The molecule has 2 nitrogen and oxygen atoms in total. The lowest BCUT2D eigenvalue weighted by atomic mass is 10.0. The summed E-state index contributed by atoms with van der Waals surface area (Å²) >= 11 is 0.700. The van der Waals surface area contributed by atoms with Crippen molar-refractivity contribution in [3.8, 4) is 0 Å². The largest absolute Gasteiger partial charge is 0.443 e. The standard InChI is InChI=1S/C15H17F3N2S/c1-9-4-5-11(6-10(9)2)7-12(19-3)13-8-20-14(21-13)15(16,17)18/h4-6,8,12,19H,7H2,1-3H3. The Kier molecular flexibility index (Phi) is 4.68. The van der Waals surface area contributed by atoms with E-state index in [1.807, 2.05) is 26.0 Å². The van der Waals surface area contributed by atoms with Gasteiger partial charge in [-0.3, -0.25) is 0 Å². The van der Waals surface area contributed by atoms with Crippen LogP contribution in [0.25, 0.3) is 0 Å². The highest BCUT2D eigenvalue weighted by atomic mass is 32.1. The summed E-state index contributed by atoms with van der Waals surface area (Å²) in [6.45, 7) is 4.06. The Morgan fingerprint density at radius 1 is 1.24 bits per heavy atom. The highest BCUT2D eigenvalue weighted by Gasteiger charge is 2.35. The number of likely N-dealkylation sites (N-methyl/N-ethyl adjacent to an activating group) is 1. The monoisotopic (exact) mass is 314 g/mol. The van der Waals surface area contributed by atoms with Crippen LogP contribution in [-0.4, -0.2) is 12.0 Å². The second-order valence-electron chi connectivity index (χ2n) is 5.03. The minimum absolute atomic E-state index is 0.166. The Morgan fingerprint density at radius 2 is 1.95 bits per heavy atom. The normalized spacial score (nSPS) is 13.4. The number of aromatic nitrogens is 1. The molecule has 0 aliphatic rings. The smallest absolute Gasteiger partial charge is 0.312 e. The van der Waals surface area contributed by atoms with Gasteiger partial charge in [0, 0.05) is 17.1 Å². The van der Waals surface area contributed by atoms with Crippen LogP contribution in [0.15, 0.2) is 24.4 Å². The van der Waals surface area contributed by atoms with Gasteiger partial charge in [0.15, 0.2) is 5.01 Å². The zero-order chi connectivity index (χ0) is 15.6. The first kappa shape index (κ1) is 16.0. The van der Waals surface area contributed by atoms with Crippen LogP contribution in [0, 0.1) is 13.8 Å². The van der Waals surface area contributed by atoms with Gasteiger partial charge in [0.05, 0.1) is 0 Å². The van der Waals surface area contributed by atoms with E-state index in [1.165, 1.54) is 17.3 Å². The molecule has 0 saturated carbocycles. The van der Waals surface area contributed by atoms with Gasteiger partial charge in [-0.2, -0.15) is 13.2 Å². The van der Waals surface area contributed by atoms with Crippen LogP contribution >= 0.6 is 11.3 Å². The highest BCUT2D eigenvalue weighted by Crippen LogP contribution is 2.35. The zero-order valence-corrected chi connectivity index (χ0v) is 12.9. The molecule has 6 heteroatoms. The fourth-order valence-corrected chi connectivity index (χ4v) is 2.98. The van der Waals surface area contributed by atoms with E-state index < -0.39 is 11.2 Å². The summed E-state index contributed by atoms with van der Waals surface area (Å²) < 4.78 is 37.9. The molecular weight excluding hydrogens is 297 g/mol. The SMILES string of the molecule is CNC(Cc1ccc(C)c(C)c1)c1cnc(C(F)(F)F)s1. The first-order chi connectivity index (χ1) is 9.81. The Morgan fingerprint density at radius 3 is 2.48 bits per heavy atom. The number of aryl methyl sites for hydroxylation is 2. The van der Waals surface area contributed by atoms with Crippen LogP contribution in [-0.2, 0) is 12.6 Å². The first-order valence-electron chi connectivity index (χ1n) is 6.57. The van der Waals surface area contributed by atoms with Gasteiger partial charge in [-0.25, -0.2) is 4.98 Å². The van der Waals surface area contributed by atoms with Crippen LogP contribution in [0.2, 0.25) is 0 Å². The summed E-state index contributed by atoms with van der Waals surface area (Å²) in [5, 5.41) is 2.28. The number of benzene rings is 1. The molecule has 0 amide bonds. The number of hydrogen-bond donors (Lipinski definition) is 1. The van der Waals surface area contributed by atoms with Gasteiger partial charge in [-0.1, -0.05) is 18.2 Å². The van der Waals surface area contributed by atoms with Crippen molar-refractivity contribution in [2.75, 3.05) is 7.05 Å². The lowest BCUT2D eigenvalue weighted by molar-refractivity contribution is -0.137. The molecule has 0 aliphatic carbocycles. The molecule has 21 heavy (non-hydrogen) atoms. The number of alkyl halides is 3. The molecule has 1 aromatic heterocycles. The van der Waals surface area contributed by atoms with E-state index in [9.17, 15) is 13.2 Å². The van der Waals surface area contributed by atoms with Crippen molar-refractivity contribution in [1.29, 1.82) is 0 Å². The Hall–Kier alpha value is -1.40. The van der Waals surface area contributed by atoms with Crippen molar-refractivity contribution in [3.05, 3.63) is 51.0 Å². The number of nitrogens with one attached hydrogen (secondary N) is 1. The van der Waals surface area contributed by atoms with Gasteiger partial charge in [0.25, 0.3) is 0 Å². The third-order valence-corrected chi connectivity index (χ3v) is 4.62. The summed E-state index contributed by atoms with van der Waals surface area (Å²) in [6.07, 6.45) is -2.42. The average molecular weight is 314 g/mol. The van der Waals surface area contributed by atoms with Crippen LogP contribution in [0.4, 0.5) is 13.2 Å². The van der Waals surface area contributed by atoms with E-state index in [0.29, 0.717) is 22.6 Å². The molecule has 0 spiro atoms. The van der Waals surface area contributed by atoms with E-state index in [-0.39, 0.29) is 6.04 Å². The quantitative estimate of drug-likeness (QED) is 0.911. The lowest BCUT2D eigenvalue weighted by Gasteiger charge is -2.15. The molecule has 0 aliphatic heterocycles. The Balaban J connectivity index is 2.19. The number of thiazole rings is 1.